The van der Waals surface area contributed by atoms with Crippen molar-refractivity contribution in [2.75, 3.05) is 0 Å². The summed E-state index contributed by atoms with van der Waals surface area (Å²) in [6, 6.07) is 2.96. The molecule has 106 valence electrons. The highest BCUT2D eigenvalue weighted by atomic mass is 35.7. The van der Waals surface area contributed by atoms with Crippen molar-refractivity contribution in [3.05, 3.63) is 29.6 Å². The molecule has 0 aliphatic heterocycles. The van der Waals surface area contributed by atoms with Crippen LogP contribution in [0, 0.1) is 11.7 Å². The number of rotatable bonds is 4. The van der Waals surface area contributed by atoms with Gasteiger partial charge in [-0.1, -0.05) is 13.8 Å². The van der Waals surface area contributed by atoms with Crippen LogP contribution in [0.15, 0.2) is 23.1 Å². The summed E-state index contributed by atoms with van der Waals surface area (Å²) in [6.45, 7) is 5.69. The zero-order valence-electron chi connectivity index (χ0n) is 10.8. The Hall–Kier alpha value is -1.14. The maximum Gasteiger partial charge on any atom is 0.264 e. The van der Waals surface area contributed by atoms with Crippen LogP contribution in [0.3, 0.4) is 0 Å². The van der Waals surface area contributed by atoms with Gasteiger partial charge in [0.2, 0.25) is 0 Å². The third-order valence-electron chi connectivity index (χ3n) is 2.81. The lowest BCUT2D eigenvalue weighted by atomic mass is 10.1. The van der Waals surface area contributed by atoms with Crippen molar-refractivity contribution in [1.29, 1.82) is 0 Å². The van der Waals surface area contributed by atoms with E-state index in [0.717, 1.165) is 12.1 Å². The Morgan fingerprint density at radius 1 is 1.32 bits per heavy atom. The topological polar surface area (TPSA) is 63.2 Å². The molecule has 7 heteroatoms. The Morgan fingerprint density at radius 2 is 1.89 bits per heavy atom. The van der Waals surface area contributed by atoms with Crippen molar-refractivity contribution in [3.8, 4) is 0 Å². The highest BCUT2D eigenvalue weighted by molar-refractivity contribution is 8.13. The quantitative estimate of drug-likeness (QED) is 0.869. The van der Waals surface area contributed by atoms with E-state index >= 15 is 0 Å². The van der Waals surface area contributed by atoms with Gasteiger partial charge in [-0.25, -0.2) is 12.8 Å². The van der Waals surface area contributed by atoms with E-state index in [1.165, 1.54) is 6.07 Å². The molecule has 1 amide bonds. The van der Waals surface area contributed by atoms with Crippen LogP contribution >= 0.6 is 10.7 Å². The van der Waals surface area contributed by atoms with Crippen LogP contribution < -0.4 is 5.32 Å². The molecule has 19 heavy (non-hydrogen) atoms. The summed E-state index contributed by atoms with van der Waals surface area (Å²) in [7, 11) is 0.880. The van der Waals surface area contributed by atoms with E-state index < -0.39 is 25.7 Å². The fourth-order valence-corrected chi connectivity index (χ4v) is 2.21. The molecule has 1 aromatic carbocycles. The average Bonchev–Trinajstić information content (AvgIpc) is 2.27. The van der Waals surface area contributed by atoms with Gasteiger partial charge in [-0.15, -0.1) is 0 Å². The number of carbonyl (C=O) groups is 1. The predicted octanol–water partition coefficient (Wildman–Crippen LogP) is 2.53. The summed E-state index contributed by atoms with van der Waals surface area (Å²) >= 11 is 0. The van der Waals surface area contributed by atoms with Gasteiger partial charge in [0, 0.05) is 22.3 Å². The van der Waals surface area contributed by atoms with Gasteiger partial charge >= 0.3 is 0 Å². The second-order valence-corrected chi connectivity index (χ2v) is 7.12. The minimum atomic E-state index is -4.22. The first kappa shape index (κ1) is 15.9. The van der Waals surface area contributed by atoms with E-state index in [-0.39, 0.29) is 17.5 Å². The second kappa shape index (κ2) is 5.88. The summed E-state index contributed by atoms with van der Waals surface area (Å²) in [5.41, 5.74) is 0.0492. The largest absolute Gasteiger partial charge is 0.349 e. The van der Waals surface area contributed by atoms with E-state index in [0.29, 0.717) is 0 Å². The van der Waals surface area contributed by atoms with Gasteiger partial charge in [-0.05, 0) is 31.0 Å². The molecule has 1 aromatic rings. The molecule has 0 heterocycles. The average molecular weight is 308 g/mol. The maximum absolute atomic E-state index is 13.3. The zero-order valence-corrected chi connectivity index (χ0v) is 12.3. The van der Waals surface area contributed by atoms with Gasteiger partial charge in [0.15, 0.2) is 0 Å². The molecular weight excluding hydrogens is 293 g/mol. The van der Waals surface area contributed by atoms with Crippen LogP contribution in [0.25, 0.3) is 0 Å². The number of carbonyl (C=O) groups excluding carboxylic acids is 1. The summed E-state index contributed by atoms with van der Waals surface area (Å²) in [6.07, 6.45) is 0. The predicted molar refractivity (Wildman–Crippen MR) is 71.2 cm³/mol. The molecule has 0 bridgehead atoms. The second-order valence-electron chi connectivity index (χ2n) is 4.59. The van der Waals surface area contributed by atoms with Crippen molar-refractivity contribution in [2.24, 2.45) is 5.92 Å². The standard InChI is InChI=1S/C12H15ClFNO3S/c1-7(2)8(3)15-12(16)9-4-5-10(14)11(6-9)19(13,17)18/h4-8H,1-3H3,(H,15,16). The molecule has 0 aliphatic rings. The van der Waals surface area contributed by atoms with Crippen LogP contribution in [-0.2, 0) is 9.05 Å². The van der Waals surface area contributed by atoms with Crippen molar-refractivity contribution in [2.45, 2.75) is 31.7 Å². The first-order valence-electron chi connectivity index (χ1n) is 5.68. The normalized spacial score (nSPS) is 13.4. The SMILES string of the molecule is CC(C)C(C)NC(=O)c1ccc(F)c(S(=O)(=O)Cl)c1. The Morgan fingerprint density at radius 3 is 2.37 bits per heavy atom. The molecule has 1 atom stereocenters. The molecular formula is C12H15ClFNO3S. The first-order chi connectivity index (χ1) is 8.62. The Kier molecular flexibility index (Phi) is 4.92. The number of hydrogen-bond donors (Lipinski definition) is 1. The molecule has 1 N–H and O–H groups in total. The lowest BCUT2D eigenvalue weighted by molar-refractivity contribution is 0.0930. The van der Waals surface area contributed by atoms with Gasteiger partial charge in [0.1, 0.15) is 10.7 Å². The van der Waals surface area contributed by atoms with Crippen molar-refractivity contribution in [3.63, 3.8) is 0 Å². The Labute approximate surface area is 116 Å². The van der Waals surface area contributed by atoms with Crippen LogP contribution in [0.2, 0.25) is 0 Å². The van der Waals surface area contributed by atoms with Crippen LogP contribution in [0.4, 0.5) is 4.39 Å². The third kappa shape index (κ3) is 4.18. The number of halogens is 2. The fourth-order valence-electron chi connectivity index (χ4n) is 1.29. The number of amides is 1. The molecule has 1 unspecified atom stereocenters. The van der Waals surface area contributed by atoms with Gasteiger partial charge in [0.25, 0.3) is 15.0 Å². The summed E-state index contributed by atoms with van der Waals surface area (Å²) in [5, 5.41) is 2.69. The highest BCUT2D eigenvalue weighted by Crippen LogP contribution is 2.20. The van der Waals surface area contributed by atoms with E-state index in [2.05, 4.69) is 5.32 Å². The van der Waals surface area contributed by atoms with Gasteiger partial charge in [-0.3, -0.25) is 4.79 Å². The lowest BCUT2D eigenvalue weighted by Gasteiger charge is -2.17. The molecule has 0 aromatic heterocycles. The summed E-state index contributed by atoms with van der Waals surface area (Å²) in [5.74, 6) is -1.23. The lowest BCUT2D eigenvalue weighted by Crippen LogP contribution is -2.36. The smallest absolute Gasteiger partial charge is 0.264 e. The van der Waals surface area contributed by atoms with Crippen LogP contribution in [0.5, 0.6) is 0 Å². The van der Waals surface area contributed by atoms with Gasteiger partial charge < -0.3 is 5.32 Å². The Balaban J connectivity index is 3.07. The van der Waals surface area contributed by atoms with Crippen LogP contribution in [0.1, 0.15) is 31.1 Å². The molecule has 1 rings (SSSR count). The molecule has 0 spiro atoms. The molecule has 0 saturated carbocycles. The molecule has 0 aliphatic carbocycles. The molecule has 0 fully saturated rings. The molecule has 0 radical (unpaired) electrons. The van der Waals surface area contributed by atoms with E-state index in [1.807, 2.05) is 20.8 Å². The van der Waals surface area contributed by atoms with E-state index in [1.54, 1.807) is 0 Å². The third-order valence-corrected chi connectivity index (χ3v) is 4.15. The van der Waals surface area contributed by atoms with Crippen molar-refractivity contribution < 1.29 is 17.6 Å². The summed E-state index contributed by atoms with van der Waals surface area (Å²) < 4.78 is 35.6. The first-order valence-corrected chi connectivity index (χ1v) is 7.99. The van der Waals surface area contributed by atoms with Gasteiger partial charge in [-0.2, -0.15) is 0 Å². The number of hydrogen-bond acceptors (Lipinski definition) is 3. The number of benzene rings is 1. The van der Waals surface area contributed by atoms with Crippen LogP contribution in [-0.4, -0.2) is 20.4 Å². The van der Waals surface area contributed by atoms with Gasteiger partial charge in [0.05, 0.1) is 0 Å². The zero-order chi connectivity index (χ0) is 14.8. The number of nitrogens with one attached hydrogen (secondary N) is 1. The maximum atomic E-state index is 13.3. The van der Waals surface area contributed by atoms with E-state index in [9.17, 15) is 17.6 Å². The summed E-state index contributed by atoms with van der Waals surface area (Å²) in [4.78, 5) is 11.2. The molecule has 4 nitrogen and oxygen atoms in total. The highest BCUT2D eigenvalue weighted by Gasteiger charge is 2.20. The Bertz CT molecular complexity index is 587. The molecule has 0 saturated heterocycles. The monoisotopic (exact) mass is 307 g/mol. The fraction of sp³-hybridized carbons (Fsp3) is 0.417. The minimum Gasteiger partial charge on any atom is -0.349 e. The van der Waals surface area contributed by atoms with Crippen molar-refractivity contribution in [1.82, 2.24) is 5.32 Å². The minimum absolute atomic E-state index is 0.0492. The van der Waals surface area contributed by atoms with Crippen molar-refractivity contribution >= 4 is 25.6 Å². The van der Waals surface area contributed by atoms with E-state index in [4.69, 9.17) is 10.7 Å².